The molecule has 5 rings (SSSR count). The minimum atomic E-state index is -0.989. The Hall–Kier alpha value is -4.35. The van der Waals surface area contributed by atoms with Crippen LogP contribution in [0.5, 0.6) is 5.75 Å². The van der Waals surface area contributed by atoms with Crippen LogP contribution in [0.4, 0.5) is 4.39 Å². The van der Waals surface area contributed by atoms with Gasteiger partial charge in [0.05, 0.1) is 50.5 Å². The normalized spacial score (nSPS) is 16.1. The quantitative estimate of drug-likeness (QED) is 0.304. The van der Waals surface area contributed by atoms with Gasteiger partial charge < -0.3 is 14.8 Å². The minimum Gasteiger partial charge on any atom is -0.496 e. The molecule has 1 amide bonds. The first-order chi connectivity index (χ1) is 19.3. The van der Waals surface area contributed by atoms with Gasteiger partial charge in [0.2, 0.25) is 5.91 Å². The molecule has 1 saturated heterocycles. The van der Waals surface area contributed by atoms with Crippen molar-refractivity contribution in [3.05, 3.63) is 68.4 Å². The number of aryl methyl sites for hydroxylation is 1. The number of methoxy groups -OCH3 is 1. The first-order valence-electron chi connectivity index (χ1n) is 12.6. The number of aromatic nitrogens is 5. The lowest BCUT2D eigenvalue weighted by Gasteiger charge is -2.25. The summed E-state index contributed by atoms with van der Waals surface area (Å²) in [4.78, 5) is 42.4. The number of ether oxygens (including phenoxy) is 2. The number of carbonyl (C=O) groups excluding carboxylic acids is 1. The number of hydrogen-bond donors (Lipinski definition) is 1. The molecule has 0 spiro atoms. The third-order valence-corrected chi connectivity index (χ3v) is 8.09. The number of halogens is 1. The number of nitrogens with one attached hydrogen (secondary N) is 1. The minimum absolute atomic E-state index is 0.00925. The molecule has 0 bridgehead atoms. The van der Waals surface area contributed by atoms with Crippen LogP contribution < -0.4 is 21.3 Å². The predicted molar refractivity (Wildman–Crippen MR) is 143 cm³/mol. The van der Waals surface area contributed by atoms with Gasteiger partial charge in [0.15, 0.2) is 0 Å². The average Bonchev–Trinajstić information content (AvgIpc) is 3.59. The number of fused-ring (bicyclic) bond motifs is 1. The molecule has 4 aromatic rings. The molecule has 1 aliphatic heterocycles. The molecule has 3 aromatic heterocycles. The summed E-state index contributed by atoms with van der Waals surface area (Å²) in [5, 5.41) is 20.9. The number of nitriles is 1. The molecule has 12 nitrogen and oxygen atoms in total. The van der Waals surface area contributed by atoms with Crippen molar-refractivity contribution in [1.82, 2.24) is 29.4 Å². The predicted octanol–water partition coefficient (Wildman–Crippen LogP) is 2.38. The summed E-state index contributed by atoms with van der Waals surface area (Å²) in [6.07, 6.45) is 3.05. The molecule has 0 radical (unpaired) electrons. The molecule has 1 unspecified atom stereocenters. The van der Waals surface area contributed by atoms with E-state index in [0.29, 0.717) is 46.1 Å². The molecule has 14 heteroatoms. The lowest BCUT2D eigenvalue weighted by atomic mass is 10.1. The van der Waals surface area contributed by atoms with Gasteiger partial charge in [0, 0.05) is 17.7 Å². The van der Waals surface area contributed by atoms with Crippen LogP contribution >= 0.6 is 11.3 Å². The molecule has 1 aromatic carbocycles. The Balaban J connectivity index is 1.75. The molecule has 208 valence electrons. The Morgan fingerprint density at radius 1 is 1.27 bits per heavy atom. The third-order valence-electron chi connectivity index (χ3n) is 6.81. The van der Waals surface area contributed by atoms with Crippen LogP contribution in [0.2, 0.25) is 0 Å². The van der Waals surface area contributed by atoms with Gasteiger partial charge >= 0.3 is 5.69 Å². The molecule has 1 aliphatic rings. The molecule has 0 aliphatic carbocycles. The molecule has 4 heterocycles. The summed E-state index contributed by atoms with van der Waals surface area (Å²) in [6.45, 7) is 2.05. The summed E-state index contributed by atoms with van der Waals surface area (Å²) in [7, 11) is 1.43. The molecule has 1 N–H and O–H groups in total. The lowest BCUT2D eigenvalue weighted by molar-refractivity contribution is -0.126. The first kappa shape index (κ1) is 27.2. The number of nitrogens with zero attached hydrogens (tertiary/aromatic N) is 6. The SMILES string of the molecule is COc1ccc(F)cc1[C@H](Cn1c(=O)n(C2CCCNC2=O)c(=O)c2c(C)c(-n3nccn3)sc21)OCCC#N. The van der Waals surface area contributed by atoms with Gasteiger partial charge in [-0.1, -0.05) is 11.3 Å². The highest BCUT2D eigenvalue weighted by Gasteiger charge is 2.31. The maximum Gasteiger partial charge on any atom is 0.332 e. The van der Waals surface area contributed by atoms with E-state index in [0.717, 1.165) is 15.9 Å². The van der Waals surface area contributed by atoms with E-state index in [4.69, 9.17) is 14.7 Å². The van der Waals surface area contributed by atoms with E-state index in [9.17, 15) is 18.8 Å². The second-order valence-corrected chi connectivity index (χ2v) is 10.2. The Kier molecular flexibility index (Phi) is 7.76. The maximum atomic E-state index is 14.4. The summed E-state index contributed by atoms with van der Waals surface area (Å²) in [5.74, 6) is -0.617. The molecular weight excluding hydrogens is 541 g/mol. The molecule has 2 atom stereocenters. The fourth-order valence-electron chi connectivity index (χ4n) is 4.91. The van der Waals surface area contributed by atoms with Crippen molar-refractivity contribution in [3.63, 3.8) is 0 Å². The Bertz CT molecular complexity index is 1720. The topological polar surface area (TPSA) is 146 Å². The fraction of sp³-hybridized carbons (Fsp3) is 0.385. The van der Waals surface area contributed by atoms with Gasteiger partial charge in [-0.25, -0.2) is 13.8 Å². The Morgan fingerprint density at radius 3 is 2.75 bits per heavy atom. The number of benzene rings is 1. The number of thiophene rings is 1. The fourth-order valence-corrected chi connectivity index (χ4v) is 6.13. The van der Waals surface area contributed by atoms with Crippen molar-refractivity contribution in [3.8, 4) is 16.8 Å². The van der Waals surface area contributed by atoms with Crippen molar-refractivity contribution < 1.29 is 18.7 Å². The largest absolute Gasteiger partial charge is 0.496 e. The van der Waals surface area contributed by atoms with Crippen LogP contribution in [0, 0.1) is 24.1 Å². The van der Waals surface area contributed by atoms with Crippen molar-refractivity contribution in [2.24, 2.45) is 0 Å². The Labute approximate surface area is 231 Å². The smallest absolute Gasteiger partial charge is 0.332 e. The highest BCUT2D eigenvalue weighted by atomic mass is 32.1. The second kappa shape index (κ2) is 11.4. The van der Waals surface area contributed by atoms with Gasteiger partial charge in [-0.3, -0.25) is 14.2 Å². The van der Waals surface area contributed by atoms with E-state index in [1.54, 1.807) is 6.92 Å². The molecular formula is C26H26FN7O5S. The van der Waals surface area contributed by atoms with Crippen molar-refractivity contribution in [1.29, 1.82) is 5.26 Å². The van der Waals surface area contributed by atoms with E-state index in [1.165, 1.54) is 47.1 Å². The van der Waals surface area contributed by atoms with Gasteiger partial charge in [-0.05, 0) is 38.0 Å². The van der Waals surface area contributed by atoms with Gasteiger partial charge in [-0.15, -0.1) is 4.80 Å². The van der Waals surface area contributed by atoms with Gasteiger partial charge in [-0.2, -0.15) is 15.5 Å². The number of rotatable bonds is 9. The lowest BCUT2D eigenvalue weighted by Crippen LogP contribution is -2.49. The van der Waals surface area contributed by atoms with Crippen LogP contribution in [0.15, 0.2) is 40.2 Å². The summed E-state index contributed by atoms with van der Waals surface area (Å²) < 4.78 is 28.2. The first-order valence-corrected chi connectivity index (χ1v) is 13.4. The number of amides is 1. The zero-order chi connectivity index (χ0) is 28.4. The van der Waals surface area contributed by atoms with E-state index in [-0.39, 0.29) is 25.0 Å². The van der Waals surface area contributed by atoms with E-state index in [2.05, 4.69) is 15.5 Å². The van der Waals surface area contributed by atoms with Crippen LogP contribution in [0.25, 0.3) is 15.2 Å². The van der Waals surface area contributed by atoms with Crippen LogP contribution in [-0.2, 0) is 16.1 Å². The summed E-state index contributed by atoms with van der Waals surface area (Å²) in [5.41, 5.74) is -0.415. The zero-order valence-electron chi connectivity index (χ0n) is 21.8. The summed E-state index contributed by atoms with van der Waals surface area (Å²) >= 11 is 1.15. The van der Waals surface area contributed by atoms with E-state index < -0.39 is 35.1 Å². The van der Waals surface area contributed by atoms with Crippen molar-refractivity contribution in [2.75, 3.05) is 20.3 Å². The van der Waals surface area contributed by atoms with Crippen LogP contribution in [0.1, 0.15) is 42.5 Å². The maximum absolute atomic E-state index is 14.4. The molecule has 0 saturated carbocycles. The molecule has 40 heavy (non-hydrogen) atoms. The van der Waals surface area contributed by atoms with Gasteiger partial charge in [0.1, 0.15) is 33.5 Å². The highest BCUT2D eigenvalue weighted by molar-refractivity contribution is 7.21. The summed E-state index contributed by atoms with van der Waals surface area (Å²) in [6, 6.07) is 4.96. The van der Waals surface area contributed by atoms with Crippen molar-refractivity contribution >= 4 is 27.5 Å². The monoisotopic (exact) mass is 567 g/mol. The highest BCUT2D eigenvalue weighted by Crippen LogP contribution is 2.34. The standard InChI is InChI=1S/C26H26FN7O5S/c1-15-21-23(36)33(18-5-3-9-29-22(18)35)26(37)32(25(21)40-24(15)34-30-10-11-31-34)14-20(39-12-4-8-28)17-13-16(27)6-7-19(17)38-2/h6-7,10-11,13,18,20H,3-5,9,12,14H2,1-2H3,(H,29,35)/t18?,20-/m0/s1. The van der Waals surface area contributed by atoms with Crippen LogP contribution in [0.3, 0.4) is 0 Å². The number of piperidine rings is 1. The average molecular weight is 568 g/mol. The number of hydrogen-bond acceptors (Lipinski definition) is 9. The third kappa shape index (κ3) is 4.89. The van der Waals surface area contributed by atoms with Gasteiger partial charge in [0.25, 0.3) is 5.56 Å². The van der Waals surface area contributed by atoms with Crippen molar-refractivity contribution in [2.45, 2.75) is 44.9 Å². The van der Waals surface area contributed by atoms with E-state index >= 15 is 0 Å². The Morgan fingerprint density at radius 2 is 2.05 bits per heavy atom. The van der Waals surface area contributed by atoms with Crippen LogP contribution in [-0.4, -0.2) is 50.3 Å². The second-order valence-electron chi connectivity index (χ2n) is 9.20. The zero-order valence-corrected chi connectivity index (χ0v) is 22.6. The van der Waals surface area contributed by atoms with E-state index in [1.807, 2.05) is 6.07 Å². The number of carbonyl (C=O) groups is 1. The molecule has 1 fully saturated rings.